The summed E-state index contributed by atoms with van der Waals surface area (Å²) in [7, 11) is 0. The van der Waals surface area contributed by atoms with Crippen molar-refractivity contribution in [2.45, 2.75) is 16.6 Å². The first-order valence-corrected chi connectivity index (χ1v) is 11.7. The SMILES string of the molecule is O=C(/C=C/c1ccccc1)Nc1ccc(SC2CC(=O)N(c3ccc4cc[nH]c4c3)C2=O)cc1. The van der Waals surface area contributed by atoms with Gasteiger partial charge in [0.15, 0.2) is 0 Å². The third kappa shape index (κ3) is 4.65. The van der Waals surface area contributed by atoms with Gasteiger partial charge in [-0.1, -0.05) is 36.4 Å². The van der Waals surface area contributed by atoms with Gasteiger partial charge in [-0.25, -0.2) is 4.90 Å². The number of aromatic amines is 1. The molecule has 2 heterocycles. The van der Waals surface area contributed by atoms with Crippen LogP contribution in [0.1, 0.15) is 12.0 Å². The van der Waals surface area contributed by atoms with Crippen molar-refractivity contribution in [2.24, 2.45) is 0 Å². The first kappa shape index (κ1) is 21.7. The molecule has 1 aliphatic rings. The summed E-state index contributed by atoms with van der Waals surface area (Å²) in [6.07, 6.45) is 5.21. The molecule has 5 rings (SSSR count). The van der Waals surface area contributed by atoms with E-state index < -0.39 is 5.25 Å². The van der Waals surface area contributed by atoms with Crippen LogP contribution in [-0.2, 0) is 14.4 Å². The van der Waals surface area contributed by atoms with E-state index in [1.165, 1.54) is 22.7 Å². The van der Waals surface area contributed by atoms with Gasteiger partial charge in [0.05, 0.1) is 10.9 Å². The topological polar surface area (TPSA) is 82.3 Å². The van der Waals surface area contributed by atoms with E-state index in [1.807, 2.05) is 66.9 Å². The molecule has 7 heteroatoms. The largest absolute Gasteiger partial charge is 0.361 e. The molecule has 3 amide bonds. The predicted molar refractivity (Wildman–Crippen MR) is 136 cm³/mol. The minimum atomic E-state index is -0.485. The van der Waals surface area contributed by atoms with E-state index in [-0.39, 0.29) is 24.1 Å². The molecule has 4 aromatic rings. The highest BCUT2D eigenvalue weighted by Crippen LogP contribution is 2.35. The van der Waals surface area contributed by atoms with Crippen LogP contribution in [0.25, 0.3) is 17.0 Å². The van der Waals surface area contributed by atoms with E-state index in [0.29, 0.717) is 11.4 Å². The van der Waals surface area contributed by atoms with Gasteiger partial charge in [-0.3, -0.25) is 14.4 Å². The molecule has 1 atom stereocenters. The van der Waals surface area contributed by atoms with Gasteiger partial charge in [0.2, 0.25) is 17.7 Å². The zero-order valence-corrected chi connectivity index (χ0v) is 18.9. The van der Waals surface area contributed by atoms with Crippen LogP contribution in [0.3, 0.4) is 0 Å². The smallest absolute Gasteiger partial charge is 0.248 e. The fourth-order valence-corrected chi connectivity index (χ4v) is 4.90. The molecule has 0 spiro atoms. The summed E-state index contributed by atoms with van der Waals surface area (Å²) < 4.78 is 0. The molecule has 1 unspecified atom stereocenters. The molecule has 1 aromatic heterocycles. The van der Waals surface area contributed by atoms with Gasteiger partial charge in [0.1, 0.15) is 0 Å². The summed E-state index contributed by atoms with van der Waals surface area (Å²) in [6, 6.07) is 24.3. The van der Waals surface area contributed by atoms with E-state index in [1.54, 1.807) is 24.3 Å². The number of hydrogen-bond donors (Lipinski definition) is 2. The first-order valence-electron chi connectivity index (χ1n) is 10.8. The second-order valence-electron chi connectivity index (χ2n) is 7.88. The van der Waals surface area contributed by atoms with Gasteiger partial charge in [-0.15, -0.1) is 11.8 Å². The van der Waals surface area contributed by atoms with Gasteiger partial charge in [0, 0.05) is 34.8 Å². The number of benzene rings is 3. The molecular formula is C27H21N3O3S. The van der Waals surface area contributed by atoms with E-state index >= 15 is 0 Å². The second kappa shape index (κ2) is 9.41. The second-order valence-corrected chi connectivity index (χ2v) is 9.16. The van der Waals surface area contributed by atoms with Crippen LogP contribution in [0.15, 0.2) is 96.0 Å². The number of carbonyl (C=O) groups is 3. The van der Waals surface area contributed by atoms with Gasteiger partial charge in [0.25, 0.3) is 0 Å². The molecule has 0 bridgehead atoms. The highest BCUT2D eigenvalue weighted by Gasteiger charge is 2.40. The Bertz CT molecular complexity index is 1390. The molecule has 3 aromatic carbocycles. The summed E-state index contributed by atoms with van der Waals surface area (Å²) in [4.78, 5) is 43.0. The molecule has 1 saturated heterocycles. The predicted octanol–water partition coefficient (Wildman–Crippen LogP) is 5.24. The van der Waals surface area contributed by atoms with Crippen molar-refractivity contribution >= 4 is 57.8 Å². The maximum atomic E-state index is 13.0. The van der Waals surface area contributed by atoms with Crippen LogP contribution in [-0.4, -0.2) is 28.0 Å². The molecule has 6 nitrogen and oxygen atoms in total. The van der Waals surface area contributed by atoms with Crippen molar-refractivity contribution in [3.63, 3.8) is 0 Å². The standard InChI is InChI=1S/C27H21N3O3S/c31-25(13-6-18-4-2-1-3-5-18)29-20-8-11-22(12-9-20)34-24-17-26(32)30(27(24)33)21-10-7-19-14-15-28-23(19)16-21/h1-16,24,28H,17H2,(H,29,31)/b13-6+. The van der Waals surface area contributed by atoms with Gasteiger partial charge < -0.3 is 10.3 Å². The number of hydrogen-bond acceptors (Lipinski definition) is 4. The molecule has 1 fully saturated rings. The van der Waals surface area contributed by atoms with Gasteiger partial charge >= 0.3 is 0 Å². The maximum Gasteiger partial charge on any atom is 0.248 e. The Morgan fingerprint density at radius 1 is 1.00 bits per heavy atom. The molecule has 0 saturated carbocycles. The summed E-state index contributed by atoms with van der Waals surface area (Å²) >= 11 is 1.36. The lowest BCUT2D eigenvalue weighted by Crippen LogP contribution is -2.31. The highest BCUT2D eigenvalue weighted by molar-refractivity contribution is 8.00. The van der Waals surface area contributed by atoms with E-state index in [2.05, 4.69) is 10.3 Å². The molecule has 34 heavy (non-hydrogen) atoms. The molecule has 168 valence electrons. The zero-order chi connectivity index (χ0) is 23.5. The Labute approximate surface area is 200 Å². The van der Waals surface area contributed by atoms with Crippen molar-refractivity contribution in [1.82, 2.24) is 4.98 Å². The molecule has 0 radical (unpaired) electrons. The van der Waals surface area contributed by atoms with E-state index in [9.17, 15) is 14.4 Å². The Morgan fingerprint density at radius 3 is 2.59 bits per heavy atom. The first-order chi connectivity index (χ1) is 16.6. The van der Waals surface area contributed by atoms with Crippen LogP contribution in [0.5, 0.6) is 0 Å². The van der Waals surface area contributed by atoms with Crippen molar-refractivity contribution < 1.29 is 14.4 Å². The lowest BCUT2D eigenvalue weighted by atomic mass is 10.2. The maximum absolute atomic E-state index is 13.0. The van der Waals surface area contributed by atoms with Crippen molar-refractivity contribution in [2.75, 3.05) is 10.2 Å². The number of rotatable bonds is 6. The average molecular weight is 468 g/mol. The third-order valence-electron chi connectivity index (χ3n) is 5.53. The number of H-pyrrole nitrogens is 1. The Morgan fingerprint density at radius 2 is 1.79 bits per heavy atom. The number of nitrogens with one attached hydrogen (secondary N) is 2. The fraction of sp³-hybridized carbons (Fsp3) is 0.0741. The minimum absolute atomic E-state index is 0.148. The normalized spacial score (nSPS) is 16.0. The van der Waals surface area contributed by atoms with Crippen molar-refractivity contribution in [3.8, 4) is 0 Å². The van der Waals surface area contributed by atoms with Crippen molar-refractivity contribution in [3.05, 3.63) is 96.7 Å². The van der Waals surface area contributed by atoms with Crippen LogP contribution < -0.4 is 10.2 Å². The number of thioether (sulfide) groups is 1. The van der Waals surface area contributed by atoms with Crippen LogP contribution in [0, 0.1) is 0 Å². The fourth-order valence-electron chi connectivity index (χ4n) is 3.84. The number of nitrogens with zero attached hydrogens (tertiary/aromatic N) is 1. The lowest BCUT2D eigenvalue weighted by Gasteiger charge is -2.15. The molecule has 2 N–H and O–H groups in total. The summed E-state index contributed by atoms with van der Waals surface area (Å²) in [5, 5.41) is 3.36. The van der Waals surface area contributed by atoms with Crippen molar-refractivity contribution in [1.29, 1.82) is 0 Å². The number of anilines is 2. The Kier molecular flexibility index (Phi) is 6.01. The monoisotopic (exact) mass is 467 g/mol. The number of imide groups is 1. The summed E-state index contributed by atoms with van der Waals surface area (Å²) in [5.41, 5.74) is 3.06. The van der Waals surface area contributed by atoms with Gasteiger partial charge in [-0.2, -0.15) is 0 Å². The third-order valence-corrected chi connectivity index (χ3v) is 6.73. The average Bonchev–Trinajstić information content (AvgIpc) is 3.43. The highest BCUT2D eigenvalue weighted by atomic mass is 32.2. The number of carbonyl (C=O) groups excluding carboxylic acids is 3. The number of fused-ring (bicyclic) bond motifs is 1. The quantitative estimate of drug-likeness (QED) is 0.300. The Balaban J connectivity index is 1.21. The van der Waals surface area contributed by atoms with Gasteiger partial charge in [-0.05, 0) is 59.5 Å². The number of aromatic nitrogens is 1. The van der Waals surface area contributed by atoms with Crippen LogP contribution in [0.4, 0.5) is 11.4 Å². The molecular weight excluding hydrogens is 446 g/mol. The minimum Gasteiger partial charge on any atom is -0.361 e. The molecule has 1 aliphatic heterocycles. The summed E-state index contributed by atoms with van der Waals surface area (Å²) in [6.45, 7) is 0. The van der Waals surface area contributed by atoms with Crippen LogP contribution >= 0.6 is 11.8 Å². The van der Waals surface area contributed by atoms with E-state index in [4.69, 9.17) is 0 Å². The Hall–Kier alpha value is -4.10. The van der Waals surface area contributed by atoms with Crippen LogP contribution in [0.2, 0.25) is 0 Å². The molecule has 0 aliphatic carbocycles. The zero-order valence-electron chi connectivity index (χ0n) is 18.1. The summed E-state index contributed by atoms with van der Waals surface area (Å²) in [5.74, 6) is -0.651. The number of amides is 3. The lowest BCUT2D eigenvalue weighted by molar-refractivity contribution is -0.121. The van der Waals surface area contributed by atoms with E-state index in [0.717, 1.165) is 21.4 Å².